The Morgan fingerprint density at radius 1 is 0.833 bits per heavy atom. The summed E-state index contributed by atoms with van der Waals surface area (Å²) in [4.78, 5) is 12.5. The quantitative estimate of drug-likeness (QED) is 0.596. The first kappa shape index (κ1) is 21.5. The second-order valence-corrected chi connectivity index (χ2v) is 8.12. The monoisotopic (exact) mass is 434 g/mol. The molecule has 0 aromatic heterocycles. The summed E-state index contributed by atoms with van der Waals surface area (Å²) in [6.07, 6.45) is -0.0802. The van der Waals surface area contributed by atoms with Crippen LogP contribution in [0.4, 0.5) is 18.9 Å². The molecular weight excluding hydrogens is 417 g/mol. The van der Waals surface area contributed by atoms with Crippen LogP contribution in [0, 0.1) is 17.5 Å². The Morgan fingerprint density at radius 3 is 2.03 bits per heavy atom. The van der Waals surface area contributed by atoms with Crippen LogP contribution in [0.3, 0.4) is 0 Å². The largest absolute Gasteiger partial charge is 0.320 e. The molecule has 3 rings (SSSR count). The normalized spacial score (nSPS) is 12.4. The van der Waals surface area contributed by atoms with Gasteiger partial charge < -0.3 is 5.32 Å². The van der Waals surface area contributed by atoms with Gasteiger partial charge in [0.25, 0.3) is 0 Å². The van der Waals surface area contributed by atoms with E-state index in [1.807, 2.05) is 0 Å². The molecule has 2 N–H and O–H groups in total. The van der Waals surface area contributed by atoms with Crippen LogP contribution in [-0.2, 0) is 21.2 Å². The number of amides is 1. The van der Waals surface area contributed by atoms with Crippen molar-refractivity contribution in [3.05, 3.63) is 95.8 Å². The predicted molar refractivity (Wildman–Crippen MR) is 106 cm³/mol. The lowest BCUT2D eigenvalue weighted by molar-refractivity contribution is -0.117. The summed E-state index contributed by atoms with van der Waals surface area (Å²) in [6.45, 7) is 0. The second-order valence-electron chi connectivity index (χ2n) is 6.40. The third kappa shape index (κ3) is 5.25. The smallest absolute Gasteiger partial charge is 0.243 e. The molecule has 0 saturated carbocycles. The summed E-state index contributed by atoms with van der Waals surface area (Å²) in [5, 5.41) is 2.11. The number of carbonyl (C=O) groups is 1. The van der Waals surface area contributed by atoms with E-state index in [1.165, 1.54) is 0 Å². The number of rotatable bonds is 7. The van der Waals surface area contributed by atoms with E-state index < -0.39 is 45.1 Å². The van der Waals surface area contributed by atoms with Crippen molar-refractivity contribution in [2.75, 3.05) is 5.32 Å². The van der Waals surface area contributed by atoms with Gasteiger partial charge in [-0.05, 0) is 48.4 Å². The van der Waals surface area contributed by atoms with Crippen LogP contribution in [-0.4, -0.2) is 20.4 Å². The zero-order chi connectivity index (χ0) is 21.7. The molecule has 0 aliphatic carbocycles. The Kier molecular flexibility index (Phi) is 6.53. The Hall–Kier alpha value is -3.17. The standard InChI is InChI=1S/C21H17F3N2O3S/c22-15-9-11-16(12-10-15)30(28,29)26-19(13-14-5-2-1-3-6-14)21(27)25-20-17(23)7-4-8-18(20)24/h1-12,19,26H,13H2,(H,25,27)/t19-/m0/s1. The number of nitrogens with one attached hydrogen (secondary N) is 2. The van der Waals surface area contributed by atoms with Gasteiger partial charge in [0.15, 0.2) is 0 Å². The third-order valence-electron chi connectivity index (χ3n) is 4.23. The number of hydrogen-bond acceptors (Lipinski definition) is 3. The lowest BCUT2D eigenvalue weighted by Crippen LogP contribution is -2.45. The minimum Gasteiger partial charge on any atom is -0.320 e. The maximum atomic E-state index is 13.9. The molecule has 9 heteroatoms. The molecule has 5 nitrogen and oxygen atoms in total. The van der Waals surface area contributed by atoms with E-state index in [9.17, 15) is 26.4 Å². The van der Waals surface area contributed by atoms with Gasteiger partial charge in [-0.1, -0.05) is 36.4 Å². The first-order valence-corrected chi connectivity index (χ1v) is 10.3. The SMILES string of the molecule is O=C(Nc1c(F)cccc1F)[C@H](Cc1ccccc1)NS(=O)(=O)c1ccc(F)cc1. The molecule has 3 aromatic rings. The minimum atomic E-state index is -4.22. The van der Waals surface area contributed by atoms with Crippen molar-refractivity contribution < 1.29 is 26.4 Å². The summed E-state index contributed by atoms with van der Waals surface area (Å²) in [7, 11) is -4.22. The first-order chi connectivity index (χ1) is 14.3. The van der Waals surface area contributed by atoms with Gasteiger partial charge >= 0.3 is 0 Å². The van der Waals surface area contributed by atoms with E-state index >= 15 is 0 Å². The lowest BCUT2D eigenvalue weighted by atomic mass is 10.1. The highest BCUT2D eigenvalue weighted by Crippen LogP contribution is 2.19. The van der Waals surface area contributed by atoms with Crippen LogP contribution in [0.2, 0.25) is 0 Å². The number of halogens is 3. The Bertz CT molecular complexity index is 1120. The Labute approximate surface area is 171 Å². The van der Waals surface area contributed by atoms with Crippen LogP contribution in [0.15, 0.2) is 77.7 Å². The van der Waals surface area contributed by atoms with Crippen molar-refractivity contribution in [1.82, 2.24) is 4.72 Å². The fourth-order valence-corrected chi connectivity index (χ4v) is 3.93. The zero-order valence-corrected chi connectivity index (χ0v) is 16.3. The van der Waals surface area contributed by atoms with Gasteiger partial charge in [-0.15, -0.1) is 0 Å². The molecule has 30 heavy (non-hydrogen) atoms. The van der Waals surface area contributed by atoms with Crippen molar-refractivity contribution in [1.29, 1.82) is 0 Å². The van der Waals surface area contributed by atoms with Gasteiger partial charge in [0.05, 0.1) is 4.90 Å². The van der Waals surface area contributed by atoms with E-state index in [0.29, 0.717) is 5.56 Å². The highest BCUT2D eigenvalue weighted by atomic mass is 32.2. The summed E-state index contributed by atoms with van der Waals surface area (Å²) in [5.41, 5.74) is -0.0602. The van der Waals surface area contributed by atoms with E-state index in [-0.39, 0.29) is 11.3 Å². The topological polar surface area (TPSA) is 75.3 Å². The van der Waals surface area contributed by atoms with E-state index in [2.05, 4.69) is 10.0 Å². The molecule has 0 fully saturated rings. The molecule has 156 valence electrons. The Morgan fingerprint density at radius 2 is 1.43 bits per heavy atom. The van der Waals surface area contributed by atoms with Crippen molar-refractivity contribution >= 4 is 21.6 Å². The maximum Gasteiger partial charge on any atom is 0.243 e. The van der Waals surface area contributed by atoms with Crippen molar-refractivity contribution in [2.24, 2.45) is 0 Å². The first-order valence-electron chi connectivity index (χ1n) is 8.83. The molecular formula is C21H17F3N2O3S. The van der Waals surface area contributed by atoms with Crippen molar-refractivity contribution in [3.8, 4) is 0 Å². The van der Waals surface area contributed by atoms with Gasteiger partial charge in [0.1, 0.15) is 29.2 Å². The van der Waals surface area contributed by atoms with Crippen LogP contribution in [0.25, 0.3) is 0 Å². The van der Waals surface area contributed by atoms with E-state index in [4.69, 9.17) is 0 Å². The van der Waals surface area contributed by atoms with Crippen LogP contribution in [0.5, 0.6) is 0 Å². The molecule has 0 unspecified atom stereocenters. The number of anilines is 1. The van der Waals surface area contributed by atoms with Gasteiger partial charge in [-0.2, -0.15) is 4.72 Å². The summed E-state index contributed by atoms with van der Waals surface area (Å²) < 4.78 is 68.5. The highest BCUT2D eigenvalue weighted by molar-refractivity contribution is 7.89. The molecule has 1 amide bonds. The number of carbonyl (C=O) groups excluding carboxylic acids is 1. The minimum absolute atomic E-state index is 0.0802. The molecule has 0 spiro atoms. The molecule has 0 saturated heterocycles. The predicted octanol–water partition coefficient (Wildman–Crippen LogP) is 3.63. The number of sulfonamides is 1. The summed E-state index contributed by atoms with van der Waals surface area (Å²) in [6, 6.07) is 14.2. The number of para-hydroxylation sites is 1. The van der Waals surface area contributed by atoms with Crippen molar-refractivity contribution in [3.63, 3.8) is 0 Å². The van der Waals surface area contributed by atoms with Crippen LogP contribution >= 0.6 is 0 Å². The molecule has 0 aliphatic heterocycles. The number of benzene rings is 3. The van der Waals surface area contributed by atoms with Gasteiger partial charge in [-0.3, -0.25) is 4.79 Å². The van der Waals surface area contributed by atoms with Crippen molar-refractivity contribution in [2.45, 2.75) is 17.4 Å². The van der Waals surface area contributed by atoms with Crippen LogP contribution < -0.4 is 10.0 Å². The molecule has 0 aliphatic rings. The third-order valence-corrected chi connectivity index (χ3v) is 5.72. The molecule has 0 radical (unpaired) electrons. The summed E-state index contributed by atoms with van der Waals surface area (Å²) in [5.74, 6) is -3.57. The lowest BCUT2D eigenvalue weighted by Gasteiger charge is -2.19. The fourth-order valence-electron chi connectivity index (χ4n) is 2.73. The molecule has 1 atom stereocenters. The van der Waals surface area contributed by atoms with Gasteiger partial charge in [0, 0.05) is 0 Å². The average molecular weight is 434 g/mol. The van der Waals surface area contributed by atoms with Gasteiger partial charge in [-0.25, -0.2) is 21.6 Å². The average Bonchev–Trinajstić information content (AvgIpc) is 2.71. The maximum absolute atomic E-state index is 13.9. The zero-order valence-electron chi connectivity index (χ0n) is 15.5. The Balaban J connectivity index is 1.90. The second kappa shape index (κ2) is 9.10. The molecule has 3 aromatic carbocycles. The fraction of sp³-hybridized carbons (Fsp3) is 0.0952. The number of hydrogen-bond donors (Lipinski definition) is 2. The highest BCUT2D eigenvalue weighted by Gasteiger charge is 2.27. The summed E-state index contributed by atoms with van der Waals surface area (Å²) >= 11 is 0. The van der Waals surface area contributed by atoms with Gasteiger partial charge in [0.2, 0.25) is 15.9 Å². The van der Waals surface area contributed by atoms with E-state index in [1.54, 1.807) is 30.3 Å². The molecule has 0 heterocycles. The van der Waals surface area contributed by atoms with E-state index in [0.717, 1.165) is 42.5 Å². The van der Waals surface area contributed by atoms with Crippen LogP contribution in [0.1, 0.15) is 5.56 Å². The molecule has 0 bridgehead atoms.